The summed E-state index contributed by atoms with van der Waals surface area (Å²) in [5, 5.41) is 3.37. The van der Waals surface area contributed by atoms with E-state index in [4.69, 9.17) is 10.7 Å². The molecule has 0 aromatic heterocycles. The van der Waals surface area contributed by atoms with Gasteiger partial charge in [-0.3, -0.25) is 4.79 Å². The first-order chi connectivity index (χ1) is 11.1. The van der Waals surface area contributed by atoms with Gasteiger partial charge in [0.25, 0.3) is 0 Å². The molecule has 1 amide bonds. The molecule has 5 nitrogen and oxygen atoms in total. The van der Waals surface area contributed by atoms with Crippen LogP contribution in [0.1, 0.15) is 37.3 Å². The normalized spacial score (nSPS) is 18.0. The largest absolute Gasteiger partial charge is 0.370 e. The molecule has 0 spiro atoms. The molecule has 1 saturated heterocycles. The number of aryl methyl sites for hydroxylation is 1. The number of piperidine rings is 1. The first-order valence-corrected chi connectivity index (χ1v) is 8.45. The van der Waals surface area contributed by atoms with Crippen LogP contribution in [0.2, 0.25) is 0 Å². The zero-order chi connectivity index (χ0) is 16.7. The minimum Gasteiger partial charge on any atom is -0.370 e. The lowest BCUT2D eigenvalue weighted by Crippen LogP contribution is -2.47. The van der Waals surface area contributed by atoms with Crippen LogP contribution in [0, 0.1) is 12.8 Å². The predicted octanol–water partition coefficient (Wildman–Crippen LogP) is 2.67. The van der Waals surface area contributed by atoms with E-state index in [1.807, 2.05) is 0 Å². The van der Waals surface area contributed by atoms with Crippen LogP contribution in [-0.4, -0.2) is 36.4 Å². The van der Waals surface area contributed by atoms with E-state index in [1.165, 1.54) is 11.1 Å². The zero-order valence-electron chi connectivity index (χ0n) is 14.6. The molecule has 1 fully saturated rings. The van der Waals surface area contributed by atoms with Crippen LogP contribution in [0.25, 0.3) is 0 Å². The van der Waals surface area contributed by atoms with Crippen molar-refractivity contribution in [3.63, 3.8) is 0 Å². The molecule has 0 radical (unpaired) electrons. The van der Waals surface area contributed by atoms with E-state index >= 15 is 0 Å². The number of benzene rings is 1. The summed E-state index contributed by atoms with van der Waals surface area (Å²) in [4.78, 5) is 18.2. The van der Waals surface area contributed by atoms with Crippen LogP contribution < -0.4 is 11.1 Å². The maximum atomic E-state index is 11.2. The molecular formula is C18H29IN4O. The van der Waals surface area contributed by atoms with Crippen molar-refractivity contribution in [2.45, 2.75) is 39.7 Å². The minimum atomic E-state index is -0.210. The highest BCUT2D eigenvalue weighted by Crippen LogP contribution is 2.19. The first kappa shape index (κ1) is 20.7. The summed E-state index contributed by atoms with van der Waals surface area (Å²) >= 11 is 0. The molecule has 3 N–H and O–H groups in total. The Labute approximate surface area is 162 Å². The van der Waals surface area contributed by atoms with Crippen molar-refractivity contribution in [2.75, 3.05) is 19.6 Å². The molecule has 1 aliphatic heterocycles. The van der Waals surface area contributed by atoms with E-state index in [2.05, 4.69) is 48.3 Å². The third kappa shape index (κ3) is 6.67. The number of hydrogen-bond acceptors (Lipinski definition) is 2. The Bertz CT molecular complexity index is 544. The van der Waals surface area contributed by atoms with Crippen LogP contribution in [0.5, 0.6) is 0 Å². The molecule has 0 bridgehead atoms. The maximum Gasteiger partial charge on any atom is 0.217 e. The molecule has 0 aliphatic carbocycles. The van der Waals surface area contributed by atoms with Crippen molar-refractivity contribution in [1.29, 1.82) is 0 Å². The van der Waals surface area contributed by atoms with Gasteiger partial charge in [-0.15, -0.1) is 24.0 Å². The zero-order valence-corrected chi connectivity index (χ0v) is 17.0. The van der Waals surface area contributed by atoms with Crippen molar-refractivity contribution in [3.8, 4) is 0 Å². The van der Waals surface area contributed by atoms with Gasteiger partial charge in [0.1, 0.15) is 0 Å². The average molecular weight is 444 g/mol. The molecule has 1 aromatic rings. The Balaban J connectivity index is 0.00000288. The molecule has 1 atom stereocenters. The number of rotatable bonds is 5. The number of carbonyl (C=O) groups is 1. The second-order valence-electron chi connectivity index (χ2n) is 6.28. The van der Waals surface area contributed by atoms with Crippen LogP contribution >= 0.6 is 24.0 Å². The molecule has 6 heteroatoms. The number of nitrogens with two attached hydrogens (primary N) is 1. The number of likely N-dealkylation sites (tertiary alicyclic amines) is 1. The van der Waals surface area contributed by atoms with Gasteiger partial charge in [0, 0.05) is 26.1 Å². The first-order valence-electron chi connectivity index (χ1n) is 8.45. The van der Waals surface area contributed by atoms with E-state index < -0.39 is 0 Å². The second kappa shape index (κ2) is 10.5. The number of amides is 1. The Hall–Kier alpha value is -1.31. The Morgan fingerprint density at radius 2 is 2.08 bits per heavy atom. The number of nitrogens with one attached hydrogen (secondary N) is 1. The lowest BCUT2D eigenvalue weighted by molar-refractivity contribution is -0.119. The molecule has 24 heavy (non-hydrogen) atoms. The summed E-state index contributed by atoms with van der Waals surface area (Å²) in [6, 6.07) is 8.46. The number of halogens is 1. The molecule has 2 rings (SSSR count). The van der Waals surface area contributed by atoms with Gasteiger partial charge in [-0.2, -0.15) is 0 Å². The van der Waals surface area contributed by atoms with Crippen LogP contribution in [-0.2, 0) is 11.3 Å². The van der Waals surface area contributed by atoms with Crippen LogP contribution in [0.3, 0.4) is 0 Å². The summed E-state index contributed by atoms with van der Waals surface area (Å²) in [5.41, 5.74) is 7.81. The standard InChI is InChI=1S/C18H28N4O.HI/c1-3-20-18(21-12-15-8-6-14(2)7-9-15)22-10-4-5-16(13-22)11-17(19)23;/h6-9,16H,3-5,10-13H2,1-2H3,(H2,19,23)(H,20,21);1H. The lowest BCUT2D eigenvalue weighted by atomic mass is 9.95. The summed E-state index contributed by atoms with van der Waals surface area (Å²) in [7, 11) is 0. The number of guanidine groups is 1. The molecule has 134 valence electrons. The van der Waals surface area contributed by atoms with E-state index in [0.717, 1.165) is 38.4 Å². The Morgan fingerprint density at radius 3 is 2.71 bits per heavy atom. The SMILES string of the molecule is CCNC(=NCc1ccc(C)cc1)N1CCCC(CC(N)=O)C1.I. The molecular weight excluding hydrogens is 415 g/mol. The topological polar surface area (TPSA) is 70.7 Å². The van der Waals surface area contributed by atoms with Gasteiger partial charge in [-0.05, 0) is 38.2 Å². The van der Waals surface area contributed by atoms with E-state index in [9.17, 15) is 4.79 Å². The van der Waals surface area contributed by atoms with Crippen molar-refractivity contribution >= 4 is 35.8 Å². The van der Waals surface area contributed by atoms with E-state index in [1.54, 1.807) is 0 Å². The smallest absolute Gasteiger partial charge is 0.217 e. The van der Waals surface area contributed by atoms with Crippen LogP contribution in [0.15, 0.2) is 29.3 Å². The fraction of sp³-hybridized carbons (Fsp3) is 0.556. The minimum absolute atomic E-state index is 0. The molecule has 1 aromatic carbocycles. The Morgan fingerprint density at radius 1 is 1.38 bits per heavy atom. The van der Waals surface area contributed by atoms with Gasteiger partial charge in [0.15, 0.2) is 5.96 Å². The van der Waals surface area contributed by atoms with Gasteiger partial charge in [0.2, 0.25) is 5.91 Å². The lowest BCUT2D eigenvalue weighted by Gasteiger charge is -2.34. The Kier molecular flexibility index (Phi) is 9.10. The third-order valence-electron chi connectivity index (χ3n) is 4.18. The van der Waals surface area contributed by atoms with Gasteiger partial charge < -0.3 is 16.0 Å². The summed E-state index contributed by atoms with van der Waals surface area (Å²) < 4.78 is 0. The summed E-state index contributed by atoms with van der Waals surface area (Å²) in [6.45, 7) is 7.50. The summed E-state index contributed by atoms with van der Waals surface area (Å²) in [6.07, 6.45) is 2.61. The third-order valence-corrected chi connectivity index (χ3v) is 4.18. The number of primary amides is 1. The average Bonchev–Trinajstić information content (AvgIpc) is 2.52. The van der Waals surface area contributed by atoms with Gasteiger partial charge in [-0.1, -0.05) is 29.8 Å². The molecule has 0 saturated carbocycles. The molecule has 1 unspecified atom stereocenters. The summed E-state index contributed by atoms with van der Waals surface area (Å²) in [5.74, 6) is 1.06. The van der Waals surface area contributed by atoms with E-state index in [0.29, 0.717) is 18.9 Å². The number of nitrogens with zero attached hydrogens (tertiary/aromatic N) is 2. The number of carbonyl (C=O) groups excluding carboxylic acids is 1. The predicted molar refractivity (Wildman–Crippen MR) is 110 cm³/mol. The second-order valence-corrected chi connectivity index (χ2v) is 6.28. The maximum absolute atomic E-state index is 11.2. The van der Waals surface area contributed by atoms with Gasteiger partial charge in [0.05, 0.1) is 6.54 Å². The van der Waals surface area contributed by atoms with Crippen molar-refractivity contribution in [1.82, 2.24) is 10.2 Å². The van der Waals surface area contributed by atoms with Crippen molar-refractivity contribution in [2.24, 2.45) is 16.6 Å². The highest BCUT2D eigenvalue weighted by Gasteiger charge is 2.23. The number of aliphatic imine (C=N–C) groups is 1. The fourth-order valence-corrected chi connectivity index (χ4v) is 2.99. The molecule has 1 heterocycles. The number of hydrogen-bond donors (Lipinski definition) is 2. The van der Waals surface area contributed by atoms with Crippen molar-refractivity contribution < 1.29 is 4.79 Å². The molecule has 1 aliphatic rings. The fourth-order valence-electron chi connectivity index (χ4n) is 2.99. The van der Waals surface area contributed by atoms with Crippen molar-refractivity contribution in [3.05, 3.63) is 35.4 Å². The van der Waals surface area contributed by atoms with Gasteiger partial charge in [-0.25, -0.2) is 4.99 Å². The quantitative estimate of drug-likeness (QED) is 0.417. The monoisotopic (exact) mass is 444 g/mol. The highest BCUT2D eigenvalue weighted by atomic mass is 127. The van der Waals surface area contributed by atoms with E-state index in [-0.39, 0.29) is 29.9 Å². The van der Waals surface area contributed by atoms with Gasteiger partial charge >= 0.3 is 0 Å². The van der Waals surface area contributed by atoms with Crippen LogP contribution in [0.4, 0.5) is 0 Å². The highest BCUT2D eigenvalue weighted by molar-refractivity contribution is 14.0.